The summed E-state index contributed by atoms with van der Waals surface area (Å²) in [6, 6.07) is 3.57. The standard InChI is InChI=1S/C19H20N8O2/c28-15-4-2-1-3-14(15)27-9-16(29)25-18-19(27)24-13(8-21-18)11-5-6-12(20-7-11)17-22-10-23-26-17/h5-8,10,14-15,28H,1-4,9H2,(H,21,25,29)(H,22,23,26). The smallest absolute Gasteiger partial charge is 0.245 e. The zero-order valence-corrected chi connectivity index (χ0v) is 15.6. The van der Waals surface area contributed by atoms with Crippen LogP contribution in [-0.2, 0) is 4.79 Å². The van der Waals surface area contributed by atoms with Gasteiger partial charge in [-0.25, -0.2) is 15.0 Å². The van der Waals surface area contributed by atoms with Crippen molar-refractivity contribution in [2.75, 3.05) is 16.8 Å². The number of nitrogens with zero attached hydrogens (tertiary/aromatic N) is 6. The molecule has 1 amide bonds. The lowest BCUT2D eigenvalue weighted by Crippen LogP contribution is -2.51. The minimum Gasteiger partial charge on any atom is -0.391 e. The Morgan fingerprint density at radius 2 is 1.97 bits per heavy atom. The van der Waals surface area contributed by atoms with E-state index in [-0.39, 0.29) is 18.5 Å². The van der Waals surface area contributed by atoms with Crippen molar-refractivity contribution >= 4 is 17.5 Å². The SMILES string of the molecule is O=C1CN(C2CCCCC2O)c2nc(-c3ccc(-c4nc[nH]n4)nc3)cnc2N1. The summed E-state index contributed by atoms with van der Waals surface area (Å²) in [7, 11) is 0. The molecule has 0 spiro atoms. The highest BCUT2D eigenvalue weighted by Gasteiger charge is 2.35. The monoisotopic (exact) mass is 392 g/mol. The molecule has 0 aromatic carbocycles. The van der Waals surface area contributed by atoms with Crippen LogP contribution in [0, 0.1) is 0 Å². The molecule has 0 radical (unpaired) electrons. The van der Waals surface area contributed by atoms with E-state index in [1.807, 2.05) is 17.0 Å². The van der Waals surface area contributed by atoms with Crippen molar-refractivity contribution in [3.05, 3.63) is 30.9 Å². The summed E-state index contributed by atoms with van der Waals surface area (Å²) in [6.07, 6.45) is 7.92. The van der Waals surface area contributed by atoms with Crippen LogP contribution in [0.4, 0.5) is 11.6 Å². The summed E-state index contributed by atoms with van der Waals surface area (Å²) in [5.41, 5.74) is 2.09. The first-order chi connectivity index (χ1) is 14.2. The highest BCUT2D eigenvalue weighted by molar-refractivity contribution is 5.99. The van der Waals surface area contributed by atoms with Gasteiger partial charge in [0.25, 0.3) is 0 Å². The van der Waals surface area contributed by atoms with Crippen molar-refractivity contribution in [3.63, 3.8) is 0 Å². The van der Waals surface area contributed by atoms with Crippen molar-refractivity contribution < 1.29 is 9.90 Å². The molecule has 1 fully saturated rings. The fraction of sp³-hybridized carbons (Fsp3) is 0.368. The van der Waals surface area contributed by atoms with Gasteiger partial charge in [-0.2, -0.15) is 5.10 Å². The number of nitrogens with one attached hydrogen (secondary N) is 2. The Kier molecular flexibility index (Phi) is 4.39. The Morgan fingerprint density at radius 1 is 1.07 bits per heavy atom. The summed E-state index contributed by atoms with van der Waals surface area (Å²) in [4.78, 5) is 31.7. The molecule has 10 nitrogen and oxygen atoms in total. The van der Waals surface area contributed by atoms with E-state index >= 15 is 0 Å². The van der Waals surface area contributed by atoms with Crippen molar-refractivity contribution in [1.82, 2.24) is 30.1 Å². The quantitative estimate of drug-likeness (QED) is 0.609. The minimum absolute atomic E-state index is 0.135. The van der Waals surface area contributed by atoms with Crippen LogP contribution < -0.4 is 10.2 Å². The second kappa shape index (κ2) is 7.21. The number of aromatic nitrogens is 6. The Labute approximate surface area is 166 Å². The molecule has 3 aromatic rings. The van der Waals surface area contributed by atoms with Crippen LogP contribution in [0.25, 0.3) is 22.8 Å². The summed E-state index contributed by atoms with van der Waals surface area (Å²) in [6.45, 7) is 0.162. The number of rotatable bonds is 3. The van der Waals surface area contributed by atoms with Gasteiger partial charge in [-0.15, -0.1) is 0 Å². The molecule has 29 heavy (non-hydrogen) atoms. The normalized spacial score (nSPS) is 21.6. The first kappa shape index (κ1) is 17.7. The molecular formula is C19H20N8O2. The highest BCUT2D eigenvalue weighted by Crippen LogP contribution is 2.34. The van der Waals surface area contributed by atoms with Crippen LogP contribution in [0.15, 0.2) is 30.9 Å². The minimum atomic E-state index is -0.477. The molecule has 2 unspecified atom stereocenters. The predicted octanol–water partition coefficient (Wildman–Crippen LogP) is 1.39. The number of fused-ring (bicyclic) bond motifs is 1. The maximum Gasteiger partial charge on any atom is 0.245 e. The largest absolute Gasteiger partial charge is 0.391 e. The van der Waals surface area contributed by atoms with Crippen molar-refractivity contribution in [1.29, 1.82) is 0 Å². The number of aliphatic hydroxyl groups is 1. The van der Waals surface area contributed by atoms with Crippen LogP contribution in [0.3, 0.4) is 0 Å². The molecule has 3 aromatic heterocycles. The molecule has 0 saturated heterocycles. The fourth-order valence-corrected chi connectivity index (χ4v) is 3.95. The topological polar surface area (TPSA) is 133 Å². The summed E-state index contributed by atoms with van der Waals surface area (Å²) >= 11 is 0. The number of carbonyl (C=O) groups is 1. The number of hydrogen-bond donors (Lipinski definition) is 3. The van der Waals surface area contributed by atoms with E-state index < -0.39 is 6.10 Å². The van der Waals surface area contributed by atoms with Crippen LogP contribution in [0.2, 0.25) is 0 Å². The Morgan fingerprint density at radius 3 is 2.72 bits per heavy atom. The van der Waals surface area contributed by atoms with Gasteiger partial charge in [-0.1, -0.05) is 12.8 Å². The predicted molar refractivity (Wildman–Crippen MR) is 105 cm³/mol. The second-order valence-electron chi connectivity index (χ2n) is 7.28. The van der Waals surface area contributed by atoms with E-state index in [1.54, 1.807) is 12.4 Å². The fourth-order valence-electron chi connectivity index (χ4n) is 3.95. The highest BCUT2D eigenvalue weighted by atomic mass is 16.3. The van der Waals surface area contributed by atoms with Gasteiger partial charge in [-0.05, 0) is 25.0 Å². The Balaban J connectivity index is 1.49. The number of H-pyrrole nitrogens is 1. The molecule has 148 valence electrons. The zero-order valence-electron chi connectivity index (χ0n) is 15.6. The third-order valence-corrected chi connectivity index (χ3v) is 5.40. The lowest BCUT2D eigenvalue weighted by molar-refractivity contribution is -0.115. The number of anilines is 2. The summed E-state index contributed by atoms with van der Waals surface area (Å²) in [5.74, 6) is 1.39. The molecule has 3 N–H and O–H groups in total. The summed E-state index contributed by atoms with van der Waals surface area (Å²) in [5, 5.41) is 20.0. The molecule has 1 aliphatic heterocycles. The van der Waals surface area contributed by atoms with Gasteiger partial charge in [0.15, 0.2) is 17.5 Å². The van der Waals surface area contributed by atoms with Gasteiger partial charge in [0, 0.05) is 11.8 Å². The number of pyridine rings is 1. The first-order valence-corrected chi connectivity index (χ1v) is 9.63. The molecule has 0 bridgehead atoms. The van der Waals surface area contributed by atoms with E-state index in [9.17, 15) is 9.90 Å². The van der Waals surface area contributed by atoms with Gasteiger partial charge in [0.1, 0.15) is 12.0 Å². The molecule has 1 saturated carbocycles. The Hall–Kier alpha value is -3.40. The average Bonchev–Trinajstić information content (AvgIpc) is 3.28. The van der Waals surface area contributed by atoms with E-state index in [0.717, 1.165) is 31.2 Å². The number of hydrogen-bond acceptors (Lipinski definition) is 8. The number of aliphatic hydroxyl groups excluding tert-OH is 1. The Bertz CT molecular complexity index is 1020. The van der Waals surface area contributed by atoms with Crippen LogP contribution in [0.1, 0.15) is 25.7 Å². The number of amides is 1. The van der Waals surface area contributed by atoms with Crippen LogP contribution in [0.5, 0.6) is 0 Å². The lowest BCUT2D eigenvalue weighted by atomic mass is 9.91. The molecule has 10 heteroatoms. The van der Waals surface area contributed by atoms with Gasteiger partial charge in [-0.3, -0.25) is 14.9 Å². The van der Waals surface area contributed by atoms with Gasteiger partial charge >= 0.3 is 0 Å². The van der Waals surface area contributed by atoms with Gasteiger partial charge in [0.05, 0.1) is 30.6 Å². The zero-order chi connectivity index (χ0) is 19.8. The van der Waals surface area contributed by atoms with Crippen LogP contribution in [-0.4, -0.2) is 59.8 Å². The molecular weight excluding hydrogens is 372 g/mol. The van der Waals surface area contributed by atoms with E-state index in [0.29, 0.717) is 28.8 Å². The van der Waals surface area contributed by atoms with Gasteiger partial charge < -0.3 is 15.3 Å². The number of carbonyl (C=O) groups excluding carboxylic acids is 1. The van der Waals surface area contributed by atoms with Crippen molar-refractivity contribution in [3.8, 4) is 22.8 Å². The van der Waals surface area contributed by atoms with Crippen molar-refractivity contribution in [2.45, 2.75) is 37.8 Å². The van der Waals surface area contributed by atoms with Gasteiger partial charge in [0.2, 0.25) is 5.91 Å². The van der Waals surface area contributed by atoms with E-state index in [2.05, 4.69) is 30.5 Å². The molecule has 5 rings (SSSR count). The summed E-state index contributed by atoms with van der Waals surface area (Å²) < 4.78 is 0. The third kappa shape index (κ3) is 3.31. The molecule has 2 aliphatic rings. The first-order valence-electron chi connectivity index (χ1n) is 9.63. The number of aromatic amines is 1. The maximum absolute atomic E-state index is 12.2. The second-order valence-corrected chi connectivity index (χ2v) is 7.28. The lowest BCUT2D eigenvalue weighted by Gasteiger charge is -2.40. The van der Waals surface area contributed by atoms with Crippen molar-refractivity contribution in [2.24, 2.45) is 0 Å². The molecule has 1 aliphatic carbocycles. The molecule has 4 heterocycles. The average molecular weight is 392 g/mol. The maximum atomic E-state index is 12.2. The third-order valence-electron chi connectivity index (χ3n) is 5.40. The molecule has 2 atom stereocenters. The van der Waals surface area contributed by atoms with E-state index in [1.165, 1.54) is 6.33 Å². The van der Waals surface area contributed by atoms with Crippen LogP contribution >= 0.6 is 0 Å². The van der Waals surface area contributed by atoms with E-state index in [4.69, 9.17) is 4.98 Å².